The molecule has 1 amide bonds. The molecule has 0 radical (unpaired) electrons. The molecule has 1 aliphatic carbocycles. The number of hydrogen-bond acceptors (Lipinski definition) is 8. The minimum absolute atomic E-state index is 0.0865. The monoisotopic (exact) mass is 699 g/mol. The third-order valence-electron chi connectivity index (χ3n) is 10.6. The quantitative estimate of drug-likeness (QED) is 0.125. The van der Waals surface area contributed by atoms with Crippen molar-refractivity contribution >= 4 is 28.5 Å². The van der Waals surface area contributed by atoms with Crippen LogP contribution in [0.2, 0.25) is 0 Å². The van der Waals surface area contributed by atoms with Gasteiger partial charge < -0.3 is 19.7 Å². The molecule has 9 nitrogen and oxygen atoms in total. The van der Waals surface area contributed by atoms with Crippen molar-refractivity contribution in [1.82, 2.24) is 20.2 Å². The highest BCUT2D eigenvalue weighted by molar-refractivity contribution is 5.93. The lowest BCUT2D eigenvalue weighted by Crippen LogP contribution is -2.44. The topological polar surface area (TPSA) is 96.9 Å². The maximum Gasteiger partial charge on any atom is 0.318 e. The van der Waals surface area contributed by atoms with Crippen LogP contribution in [0.25, 0.3) is 10.8 Å². The molecule has 0 saturated carbocycles. The summed E-state index contributed by atoms with van der Waals surface area (Å²) in [4.78, 5) is 39.0. The Hall–Kier alpha value is -4.56. The lowest BCUT2D eigenvalue weighted by atomic mass is 9.79. The average Bonchev–Trinajstić information content (AvgIpc) is 3.23. The van der Waals surface area contributed by atoms with Gasteiger partial charge in [-0.15, -0.1) is 6.42 Å². The molecular weight excluding hydrogens is 652 g/mol. The lowest BCUT2D eigenvalue weighted by Gasteiger charge is -2.33. The zero-order valence-corrected chi connectivity index (χ0v) is 29.9. The van der Waals surface area contributed by atoms with Crippen molar-refractivity contribution in [1.29, 1.82) is 0 Å². The number of ether oxygens (including phenoxy) is 2. The average molecular weight is 700 g/mol. The maximum absolute atomic E-state index is 15.2. The van der Waals surface area contributed by atoms with Crippen LogP contribution in [0.15, 0.2) is 36.9 Å². The Morgan fingerprint density at radius 3 is 2.73 bits per heavy atom. The number of alkyl halides is 1. The van der Waals surface area contributed by atoms with Crippen LogP contribution < -0.4 is 19.7 Å². The molecule has 1 aromatic heterocycles. The molecule has 1 N–H and O–H groups in total. The van der Waals surface area contributed by atoms with Gasteiger partial charge in [0.1, 0.15) is 30.2 Å². The van der Waals surface area contributed by atoms with Gasteiger partial charge in [0.25, 0.3) is 0 Å². The van der Waals surface area contributed by atoms with Crippen molar-refractivity contribution in [2.24, 2.45) is 5.92 Å². The van der Waals surface area contributed by atoms with Gasteiger partial charge in [0, 0.05) is 43.0 Å². The summed E-state index contributed by atoms with van der Waals surface area (Å²) in [5, 5.41) is 4.37. The van der Waals surface area contributed by atoms with E-state index in [0.717, 1.165) is 48.4 Å². The van der Waals surface area contributed by atoms with Crippen molar-refractivity contribution in [3.05, 3.63) is 65.1 Å². The molecule has 2 saturated heterocycles. The number of nitrogens with one attached hydrogen (secondary N) is 1. The summed E-state index contributed by atoms with van der Waals surface area (Å²) in [7, 11) is 1.89. The summed E-state index contributed by atoms with van der Waals surface area (Å²) in [5.74, 6) is 2.15. The molecule has 0 bridgehead atoms. The first-order valence-corrected chi connectivity index (χ1v) is 17.9. The van der Waals surface area contributed by atoms with Crippen LogP contribution in [-0.4, -0.2) is 77.8 Å². The minimum Gasteiger partial charge on any atom is -0.461 e. The van der Waals surface area contributed by atoms with E-state index in [1.165, 1.54) is 12.1 Å². The molecule has 1 unspecified atom stereocenters. The summed E-state index contributed by atoms with van der Waals surface area (Å²) in [6, 6.07) is 6.66. The van der Waals surface area contributed by atoms with E-state index in [1.54, 1.807) is 26.0 Å². The molecule has 6 rings (SSSR count). The summed E-state index contributed by atoms with van der Waals surface area (Å²) in [5.41, 5.74) is 2.23. The summed E-state index contributed by atoms with van der Waals surface area (Å²) in [6.45, 7) is 11.0. The second kappa shape index (κ2) is 15.0. The zero-order chi connectivity index (χ0) is 36.4. The number of anilines is 1. The van der Waals surface area contributed by atoms with Crippen molar-refractivity contribution in [2.45, 2.75) is 89.4 Å². The van der Waals surface area contributed by atoms with Gasteiger partial charge in [-0.05, 0) is 93.6 Å². The second-order valence-corrected chi connectivity index (χ2v) is 14.8. The van der Waals surface area contributed by atoms with Crippen LogP contribution in [0.4, 0.5) is 14.6 Å². The van der Waals surface area contributed by atoms with Crippen molar-refractivity contribution in [3.63, 3.8) is 0 Å². The van der Waals surface area contributed by atoms with E-state index in [9.17, 15) is 14.0 Å². The van der Waals surface area contributed by atoms with Crippen molar-refractivity contribution in [2.75, 3.05) is 38.2 Å². The van der Waals surface area contributed by atoms with Crippen LogP contribution in [0.5, 0.6) is 11.8 Å². The van der Waals surface area contributed by atoms with E-state index >= 15 is 4.39 Å². The van der Waals surface area contributed by atoms with Gasteiger partial charge in [-0.25, -0.2) is 8.78 Å². The standard InChI is InChI=1S/C40H47F2N5O4/c1-7-30-33(42)15-13-26-17-29(51-38(49)24(3)4)19-32(36(26)30)25-12-14-31-34(18-25)44-39(50-23-40(5)20-27(41)21-46(40)6)45-37(31)47-16-10-9-11-28(22-47)43-35(48)8-2/h1,8,13,15,17,19,24-25,27-28H,2,9-12,14,16,18,20-23H2,3-6H3,(H,43,48)/t25-,27+,28?,40-/m0/s1. The molecule has 2 fully saturated rings. The highest BCUT2D eigenvalue weighted by Gasteiger charge is 2.41. The third-order valence-corrected chi connectivity index (χ3v) is 10.6. The first kappa shape index (κ1) is 36.2. The predicted molar refractivity (Wildman–Crippen MR) is 193 cm³/mol. The van der Waals surface area contributed by atoms with E-state index in [2.05, 4.69) is 22.7 Å². The van der Waals surface area contributed by atoms with E-state index in [4.69, 9.17) is 25.9 Å². The highest BCUT2D eigenvalue weighted by atomic mass is 19.1. The number of likely N-dealkylation sites (N-methyl/N-ethyl adjacent to an activating group) is 1. The fourth-order valence-electron chi connectivity index (χ4n) is 7.68. The Bertz CT molecular complexity index is 1880. The minimum atomic E-state index is -0.938. The van der Waals surface area contributed by atoms with Gasteiger partial charge >= 0.3 is 12.0 Å². The second-order valence-electron chi connectivity index (χ2n) is 14.8. The fraction of sp³-hybridized carbons (Fsp3) is 0.500. The van der Waals surface area contributed by atoms with Gasteiger partial charge in [0.2, 0.25) is 5.91 Å². The number of hydrogen-bond donors (Lipinski definition) is 1. The number of esters is 1. The summed E-state index contributed by atoms with van der Waals surface area (Å²) < 4.78 is 41.7. The molecule has 4 atom stereocenters. The molecule has 3 heterocycles. The number of aromatic nitrogens is 2. The van der Waals surface area contributed by atoms with Gasteiger partial charge in [-0.1, -0.05) is 32.4 Å². The number of likely N-dealkylation sites (tertiary alicyclic amines) is 1. The lowest BCUT2D eigenvalue weighted by molar-refractivity contribution is -0.137. The molecule has 51 heavy (non-hydrogen) atoms. The normalized spacial score (nSPS) is 23.7. The van der Waals surface area contributed by atoms with Crippen LogP contribution in [0.3, 0.4) is 0 Å². The zero-order valence-electron chi connectivity index (χ0n) is 29.9. The Morgan fingerprint density at radius 2 is 2.02 bits per heavy atom. The largest absolute Gasteiger partial charge is 0.461 e. The van der Waals surface area contributed by atoms with Crippen LogP contribution in [0.1, 0.15) is 81.2 Å². The van der Waals surface area contributed by atoms with Gasteiger partial charge in [-0.3, -0.25) is 14.5 Å². The fourth-order valence-corrected chi connectivity index (χ4v) is 7.68. The molecule has 0 spiro atoms. The number of halogens is 2. The van der Waals surface area contributed by atoms with Gasteiger partial charge in [0.15, 0.2) is 0 Å². The number of nitrogens with zero attached hydrogens (tertiary/aromatic N) is 4. The van der Waals surface area contributed by atoms with E-state index < -0.39 is 17.5 Å². The molecule has 2 aliphatic heterocycles. The molecule has 11 heteroatoms. The molecule has 270 valence electrons. The first-order valence-electron chi connectivity index (χ1n) is 17.9. The van der Waals surface area contributed by atoms with Crippen molar-refractivity contribution in [3.8, 4) is 24.1 Å². The number of amides is 1. The summed E-state index contributed by atoms with van der Waals surface area (Å²) in [6.07, 6.45) is 11.1. The van der Waals surface area contributed by atoms with Crippen LogP contribution in [-0.2, 0) is 22.4 Å². The predicted octanol–water partition coefficient (Wildman–Crippen LogP) is 6.06. The van der Waals surface area contributed by atoms with Gasteiger partial charge in [0.05, 0.1) is 22.7 Å². The Kier molecular flexibility index (Phi) is 10.6. The summed E-state index contributed by atoms with van der Waals surface area (Å²) >= 11 is 0. The van der Waals surface area contributed by atoms with E-state index in [1.807, 2.05) is 24.9 Å². The van der Waals surface area contributed by atoms with E-state index in [0.29, 0.717) is 55.3 Å². The smallest absolute Gasteiger partial charge is 0.318 e. The Morgan fingerprint density at radius 1 is 1.22 bits per heavy atom. The number of carbonyl (C=O) groups is 2. The molecular formula is C40H47F2N5O4. The Labute approximate surface area is 298 Å². The van der Waals surface area contributed by atoms with Crippen LogP contribution >= 0.6 is 0 Å². The maximum atomic E-state index is 15.2. The number of carbonyl (C=O) groups excluding carboxylic acids is 2. The van der Waals surface area contributed by atoms with Crippen molar-refractivity contribution < 1.29 is 27.8 Å². The van der Waals surface area contributed by atoms with E-state index in [-0.39, 0.29) is 47.9 Å². The highest BCUT2D eigenvalue weighted by Crippen LogP contribution is 2.42. The molecule has 3 aromatic rings. The SMILES string of the molecule is C#Cc1c(F)ccc2cc(OC(=O)C(C)C)cc([C@H]3CCc4c(nc(OC[C@]5(C)C[C@@H](F)CN5C)nc4N4CCCCC(NC(=O)C=C)C4)C3)c12. The number of terminal acetylenes is 1. The number of benzene rings is 2. The first-order chi connectivity index (χ1) is 24.4. The Balaban J connectivity index is 1.41. The van der Waals surface area contributed by atoms with Gasteiger partial charge in [-0.2, -0.15) is 9.97 Å². The number of rotatable bonds is 9. The molecule has 2 aromatic carbocycles. The van der Waals surface area contributed by atoms with Crippen LogP contribution in [0, 0.1) is 24.1 Å². The number of fused-ring (bicyclic) bond motifs is 2. The third kappa shape index (κ3) is 7.71. The molecule has 3 aliphatic rings.